The zero-order valence-corrected chi connectivity index (χ0v) is 9.27. The number of anilines is 1. The van der Waals surface area contributed by atoms with Gasteiger partial charge < -0.3 is 5.73 Å². The van der Waals surface area contributed by atoms with Crippen molar-refractivity contribution in [2.75, 3.05) is 18.8 Å². The number of nitrogen functional groups attached to an aromatic ring is 1. The second-order valence-corrected chi connectivity index (χ2v) is 4.18. The molecule has 0 bridgehead atoms. The monoisotopic (exact) mass is 221 g/mol. The number of likely N-dealkylation sites (tertiary alicyclic amines) is 1. The van der Waals surface area contributed by atoms with E-state index in [4.69, 9.17) is 5.73 Å². The van der Waals surface area contributed by atoms with Crippen LogP contribution in [0.1, 0.15) is 17.5 Å². The van der Waals surface area contributed by atoms with Crippen LogP contribution in [0, 0.1) is 17.0 Å². The summed E-state index contributed by atoms with van der Waals surface area (Å²) < 4.78 is 0. The van der Waals surface area contributed by atoms with Gasteiger partial charge in [-0.2, -0.15) is 0 Å². The van der Waals surface area contributed by atoms with Gasteiger partial charge in [-0.15, -0.1) is 0 Å². The topological polar surface area (TPSA) is 72.4 Å². The van der Waals surface area contributed by atoms with Crippen LogP contribution >= 0.6 is 0 Å². The number of nitrogens with two attached hydrogens (primary N) is 1. The lowest BCUT2D eigenvalue weighted by Gasteiger charge is -2.31. The maximum absolute atomic E-state index is 10.8. The van der Waals surface area contributed by atoms with Gasteiger partial charge in [0.15, 0.2) is 0 Å². The van der Waals surface area contributed by atoms with Gasteiger partial charge in [-0.25, -0.2) is 0 Å². The lowest BCUT2D eigenvalue weighted by Crippen LogP contribution is -2.36. The first-order valence-corrected chi connectivity index (χ1v) is 5.34. The quantitative estimate of drug-likeness (QED) is 0.479. The molecule has 0 spiro atoms. The van der Waals surface area contributed by atoms with Crippen molar-refractivity contribution in [3.05, 3.63) is 33.4 Å². The molecule has 16 heavy (non-hydrogen) atoms. The summed E-state index contributed by atoms with van der Waals surface area (Å²) >= 11 is 0. The number of nitro benzene ring substituents is 1. The Labute approximate surface area is 94.0 Å². The molecule has 1 fully saturated rings. The van der Waals surface area contributed by atoms with E-state index in [-0.39, 0.29) is 5.69 Å². The van der Waals surface area contributed by atoms with Crippen LogP contribution in [0.25, 0.3) is 0 Å². The van der Waals surface area contributed by atoms with Crippen molar-refractivity contribution >= 4 is 11.4 Å². The minimum atomic E-state index is -0.422. The van der Waals surface area contributed by atoms with Crippen molar-refractivity contribution in [3.63, 3.8) is 0 Å². The van der Waals surface area contributed by atoms with Gasteiger partial charge in [0.1, 0.15) is 5.69 Å². The van der Waals surface area contributed by atoms with E-state index in [1.54, 1.807) is 6.07 Å². The number of rotatable bonds is 3. The molecule has 0 atom stereocenters. The first-order chi connectivity index (χ1) is 7.59. The second-order valence-electron chi connectivity index (χ2n) is 4.18. The highest BCUT2D eigenvalue weighted by Crippen LogP contribution is 2.29. The van der Waals surface area contributed by atoms with Crippen molar-refractivity contribution in [1.29, 1.82) is 0 Å². The Morgan fingerprint density at radius 3 is 2.69 bits per heavy atom. The number of hydrogen-bond donors (Lipinski definition) is 1. The third kappa shape index (κ3) is 1.86. The molecule has 2 N–H and O–H groups in total. The Morgan fingerprint density at radius 1 is 1.50 bits per heavy atom. The molecule has 86 valence electrons. The molecule has 1 aliphatic rings. The lowest BCUT2D eigenvalue weighted by molar-refractivity contribution is -0.384. The molecule has 0 unspecified atom stereocenters. The average molecular weight is 221 g/mol. The Bertz CT molecular complexity index is 427. The first-order valence-electron chi connectivity index (χ1n) is 5.34. The second kappa shape index (κ2) is 4.09. The van der Waals surface area contributed by atoms with Crippen LogP contribution in [0.15, 0.2) is 12.1 Å². The highest BCUT2D eigenvalue weighted by molar-refractivity contribution is 5.65. The number of hydrogen-bond acceptors (Lipinski definition) is 4. The largest absolute Gasteiger partial charge is 0.393 e. The standard InChI is InChI=1S/C11H15N3O2/c1-8-3-4-10(14(15)16)11(12)9(8)7-13-5-2-6-13/h3-4H,2,5-7,12H2,1H3. The third-order valence-electron chi connectivity index (χ3n) is 3.10. The SMILES string of the molecule is Cc1ccc([N+](=O)[O-])c(N)c1CN1CCC1. The normalized spacial score (nSPS) is 15.8. The highest BCUT2D eigenvalue weighted by Gasteiger charge is 2.21. The van der Waals surface area contributed by atoms with Crippen LogP contribution in [0.5, 0.6) is 0 Å². The highest BCUT2D eigenvalue weighted by atomic mass is 16.6. The van der Waals surface area contributed by atoms with Gasteiger partial charge in [0, 0.05) is 12.6 Å². The summed E-state index contributed by atoms with van der Waals surface area (Å²) in [5.74, 6) is 0. The van der Waals surface area contributed by atoms with E-state index in [2.05, 4.69) is 4.90 Å². The molecule has 2 rings (SSSR count). The molecule has 1 aromatic rings. The van der Waals surface area contributed by atoms with Crippen molar-refractivity contribution in [2.45, 2.75) is 19.9 Å². The minimum absolute atomic E-state index is 0.0149. The number of nitrogens with zero attached hydrogens (tertiary/aromatic N) is 2. The Balaban J connectivity index is 2.33. The van der Waals surface area contributed by atoms with Crippen molar-refractivity contribution in [3.8, 4) is 0 Å². The van der Waals surface area contributed by atoms with Crippen LogP contribution in [0.2, 0.25) is 0 Å². The predicted octanol–water partition coefficient (Wildman–Crippen LogP) is 1.69. The molecule has 5 nitrogen and oxygen atoms in total. The Kier molecular flexibility index (Phi) is 2.78. The van der Waals surface area contributed by atoms with Gasteiger partial charge in [-0.3, -0.25) is 15.0 Å². The zero-order valence-electron chi connectivity index (χ0n) is 9.27. The van der Waals surface area contributed by atoms with E-state index >= 15 is 0 Å². The number of nitro groups is 1. The van der Waals surface area contributed by atoms with Crippen LogP contribution < -0.4 is 5.73 Å². The maximum atomic E-state index is 10.8. The smallest absolute Gasteiger partial charge is 0.292 e. The molecular weight excluding hydrogens is 206 g/mol. The molecule has 1 heterocycles. The number of aryl methyl sites for hydroxylation is 1. The van der Waals surface area contributed by atoms with Gasteiger partial charge in [0.25, 0.3) is 5.69 Å². The van der Waals surface area contributed by atoms with Crippen molar-refractivity contribution in [2.24, 2.45) is 0 Å². The zero-order chi connectivity index (χ0) is 11.7. The van der Waals surface area contributed by atoms with Gasteiger partial charge in [0.05, 0.1) is 4.92 Å². The molecule has 1 aromatic carbocycles. The molecule has 5 heteroatoms. The summed E-state index contributed by atoms with van der Waals surface area (Å²) in [5, 5.41) is 10.8. The Morgan fingerprint density at radius 2 is 2.19 bits per heavy atom. The third-order valence-corrected chi connectivity index (χ3v) is 3.10. The van der Waals surface area contributed by atoms with Gasteiger partial charge in [0.2, 0.25) is 0 Å². The van der Waals surface area contributed by atoms with Gasteiger partial charge >= 0.3 is 0 Å². The van der Waals surface area contributed by atoms with E-state index in [0.29, 0.717) is 5.69 Å². The molecule has 1 aliphatic heterocycles. The summed E-state index contributed by atoms with van der Waals surface area (Å²) in [4.78, 5) is 12.6. The Hall–Kier alpha value is -1.62. The molecule has 0 aliphatic carbocycles. The molecule has 0 amide bonds. The predicted molar refractivity (Wildman–Crippen MR) is 62.1 cm³/mol. The van der Waals surface area contributed by atoms with Gasteiger partial charge in [-0.1, -0.05) is 6.07 Å². The summed E-state index contributed by atoms with van der Waals surface area (Å²) in [6.07, 6.45) is 1.20. The number of benzene rings is 1. The van der Waals surface area contributed by atoms with Crippen molar-refractivity contribution in [1.82, 2.24) is 4.90 Å². The minimum Gasteiger partial charge on any atom is -0.393 e. The summed E-state index contributed by atoms with van der Waals surface area (Å²) in [6.45, 7) is 4.78. The van der Waals surface area contributed by atoms with E-state index in [9.17, 15) is 10.1 Å². The van der Waals surface area contributed by atoms with Gasteiger partial charge in [-0.05, 0) is 37.6 Å². The van der Waals surface area contributed by atoms with E-state index in [1.807, 2.05) is 6.92 Å². The fourth-order valence-corrected chi connectivity index (χ4v) is 1.89. The molecule has 0 aromatic heterocycles. The van der Waals surface area contributed by atoms with Crippen LogP contribution in [-0.2, 0) is 6.54 Å². The fourth-order valence-electron chi connectivity index (χ4n) is 1.89. The molecule has 1 saturated heterocycles. The molecular formula is C11H15N3O2. The summed E-state index contributed by atoms with van der Waals surface area (Å²) in [7, 11) is 0. The van der Waals surface area contributed by atoms with E-state index in [1.165, 1.54) is 12.5 Å². The summed E-state index contributed by atoms with van der Waals surface area (Å²) in [5.41, 5.74) is 8.10. The summed E-state index contributed by atoms with van der Waals surface area (Å²) in [6, 6.07) is 3.24. The van der Waals surface area contributed by atoms with Crippen molar-refractivity contribution < 1.29 is 4.92 Å². The molecule has 0 radical (unpaired) electrons. The first kappa shape index (κ1) is 10.9. The van der Waals surface area contributed by atoms with Crippen LogP contribution in [-0.4, -0.2) is 22.9 Å². The molecule has 0 saturated carbocycles. The lowest BCUT2D eigenvalue weighted by atomic mass is 10.0. The van der Waals surface area contributed by atoms with Crippen LogP contribution in [0.3, 0.4) is 0 Å². The maximum Gasteiger partial charge on any atom is 0.292 e. The van der Waals surface area contributed by atoms with Crippen LogP contribution in [0.4, 0.5) is 11.4 Å². The fraction of sp³-hybridized carbons (Fsp3) is 0.455. The van der Waals surface area contributed by atoms with E-state index in [0.717, 1.165) is 30.8 Å². The average Bonchev–Trinajstić information content (AvgIpc) is 2.14. The van der Waals surface area contributed by atoms with E-state index < -0.39 is 4.92 Å².